The molecule has 0 spiro atoms. The van der Waals surface area contributed by atoms with Crippen LogP contribution in [-0.2, 0) is 6.54 Å². The lowest BCUT2D eigenvalue weighted by Gasteiger charge is -2.22. The number of aromatic nitrogens is 1. The molecule has 5 nitrogen and oxygen atoms in total. The van der Waals surface area contributed by atoms with Crippen LogP contribution in [-0.4, -0.2) is 23.1 Å². The Morgan fingerprint density at radius 3 is 2.80 bits per heavy atom. The standard InChI is InChI=1S/C15H18N4O/c1-11-6-7-13(15(16)18-20)14(9-11)19(2)10-12-5-3-4-8-17-12/h3-9,20H,10H2,1-2H3,(H2,16,18). The van der Waals surface area contributed by atoms with E-state index in [0.717, 1.165) is 16.9 Å². The molecule has 0 aliphatic carbocycles. The molecule has 5 heteroatoms. The Balaban J connectivity index is 2.33. The van der Waals surface area contributed by atoms with Gasteiger partial charge in [-0.3, -0.25) is 4.98 Å². The van der Waals surface area contributed by atoms with Gasteiger partial charge in [0.05, 0.1) is 12.2 Å². The number of hydrogen-bond donors (Lipinski definition) is 2. The number of nitrogens with two attached hydrogens (primary N) is 1. The summed E-state index contributed by atoms with van der Waals surface area (Å²) in [6.07, 6.45) is 1.77. The van der Waals surface area contributed by atoms with Gasteiger partial charge in [-0.15, -0.1) is 0 Å². The number of aryl methyl sites for hydroxylation is 1. The van der Waals surface area contributed by atoms with E-state index in [1.807, 2.05) is 55.3 Å². The van der Waals surface area contributed by atoms with Gasteiger partial charge in [0, 0.05) is 24.5 Å². The van der Waals surface area contributed by atoms with Crippen LogP contribution in [0.3, 0.4) is 0 Å². The number of anilines is 1. The Morgan fingerprint density at radius 1 is 1.35 bits per heavy atom. The molecule has 0 bridgehead atoms. The van der Waals surface area contributed by atoms with E-state index in [-0.39, 0.29) is 5.84 Å². The molecule has 0 atom stereocenters. The molecule has 1 aromatic heterocycles. The normalized spacial score (nSPS) is 11.4. The SMILES string of the molecule is Cc1ccc(C(N)=NO)c(N(C)Cc2ccccn2)c1. The molecule has 1 aromatic carbocycles. The molecular formula is C15H18N4O. The second-order valence-electron chi connectivity index (χ2n) is 4.68. The van der Waals surface area contributed by atoms with Crippen LogP contribution in [0.1, 0.15) is 16.8 Å². The fraction of sp³-hybridized carbons (Fsp3) is 0.200. The van der Waals surface area contributed by atoms with Crippen molar-refractivity contribution in [3.05, 3.63) is 59.4 Å². The Kier molecular flexibility index (Phi) is 4.20. The van der Waals surface area contributed by atoms with Gasteiger partial charge < -0.3 is 15.8 Å². The average molecular weight is 270 g/mol. The second kappa shape index (κ2) is 6.06. The summed E-state index contributed by atoms with van der Waals surface area (Å²) in [5.74, 6) is 0.105. The van der Waals surface area contributed by atoms with Crippen molar-refractivity contribution in [3.8, 4) is 0 Å². The van der Waals surface area contributed by atoms with E-state index in [2.05, 4.69) is 10.1 Å². The minimum atomic E-state index is 0.105. The number of benzene rings is 1. The summed E-state index contributed by atoms with van der Waals surface area (Å²) in [5, 5.41) is 12.0. The van der Waals surface area contributed by atoms with Crippen molar-refractivity contribution < 1.29 is 5.21 Å². The molecule has 0 aliphatic rings. The number of rotatable bonds is 4. The van der Waals surface area contributed by atoms with Gasteiger partial charge in [-0.25, -0.2) is 0 Å². The van der Waals surface area contributed by atoms with Crippen LogP contribution < -0.4 is 10.6 Å². The van der Waals surface area contributed by atoms with E-state index >= 15 is 0 Å². The molecule has 0 aliphatic heterocycles. The van der Waals surface area contributed by atoms with Gasteiger partial charge in [-0.2, -0.15) is 0 Å². The topological polar surface area (TPSA) is 74.7 Å². The van der Waals surface area contributed by atoms with Gasteiger partial charge in [-0.1, -0.05) is 17.3 Å². The number of nitrogens with zero attached hydrogens (tertiary/aromatic N) is 3. The maximum absolute atomic E-state index is 8.89. The van der Waals surface area contributed by atoms with Crippen LogP contribution in [0.15, 0.2) is 47.8 Å². The lowest BCUT2D eigenvalue weighted by atomic mass is 10.1. The lowest BCUT2D eigenvalue weighted by Crippen LogP contribution is -2.23. The molecule has 2 rings (SSSR count). The Bertz CT molecular complexity index is 611. The van der Waals surface area contributed by atoms with Crippen molar-refractivity contribution in [1.29, 1.82) is 0 Å². The second-order valence-corrected chi connectivity index (χ2v) is 4.68. The first kappa shape index (κ1) is 13.9. The molecule has 1 heterocycles. The zero-order valence-corrected chi connectivity index (χ0v) is 11.6. The largest absolute Gasteiger partial charge is 0.409 e. The predicted octanol–water partition coefficient (Wildman–Crippen LogP) is 2.12. The zero-order valence-electron chi connectivity index (χ0n) is 11.6. The molecule has 2 aromatic rings. The van der Waals surface area contributed by atoms with Crippen molar-refractivity contribution in [2.45, 2.75) is 13.5 Å². The van der Waals surface area contributed by atoms with E-state index in [1.165, 1.54) is 0 Å². The third-order valence-corrected chi connectivity index (χ3v) is 3.07. The van der Waals surface area contributed by atoms with E-state index in [1.54, 1.807) is 6.20 Å². The first-order valence-electron chi connectivity index (χ1n) is 6.31. The summed E-state index contributed by atoms with van der Waals surface area (Å²) in [6, 6.07) is 11.6. The highest BCUT2D eigenvalue weighted by molar-refractivity contribution is 6.02. The molecule has 104 valence electrons. The van der Waals surface area contributed by atoms with Crippen LogP contribution >= 0.6 is 0 Å². The molecule has 20 heavy (non-hydrogen) atoms. The highest BCUT2D eigenvalue weighted by Crippen LogP contribution is 2.22. The van der Waals surface area contributed by atoms with Gasteiger partial charge in [0.1, 0.15) is 0 Å². The smallest absolute Gasteiger partial charge is 0.172 e. The third kappa shape index (κ3) is 3.06. The quantitative estimate of drug-likeness (QED) is 0.386. The lowest BCUT2D eigenvalue weighted by molar-refractivity contribution is 0.318. The first-order valence-corrected chi connectivity index (χ1v) is 6.31. The van der Waals surface area contributed by atoms with Crippen molar-refractivity contribution in [2.24, 2.45) is 10.9 Å². The van der Waals surface area contributed by atoms with Crippen LogP contribution in [0.4, 0.5) is 5.69 Å². The number of hydrogen-bond acceptors (Lipinski definition) is 4. The van der Waals surface area contributed by atoms with Gasteiger partial charge in [-0.05, 0) is 36.8 Å². The summed E-state index contributed by atoms with van der Waals surface area (Å²) in [5.41, 5.74) is 9.42. The van der Waals surface area contributed by atoms with Crippen molar-refractivity contribution in [3.63, 3.8) is 0 Å². The van der Waals surface area contributed by atoms with Gasteiger partial charge in [0.15, 0.2) is 5.84 Å². The maximum Gasteiger partial charge on any atom is 0.172 e. The number of amidine groups is 1. The predicted molar refractivity (Wildman–Crippen MR) is 80.0 cm³/mol. The number of pyridine rings is 1. The molecule has 0 unspecified atom stereocenters. The molecule has 0 saturated carbocycles. The van der Waals surface area contributed by atoms with Gasteiger partial charge >= 0.3 is 0 Å². The van der Waals surface area contributed by atoms with Crippen molar-refractivity contribution in [1.82, 2.24) is 4.98 Å². The minimum Gasteiger partial charge on any atom is -0.409 e. The first-order chi connectivity index (χ1) is 9.61. The molecule has 0 fully saturated rings. The zero-order chi connectivity index (χ0) is 14.5. The average Bonchev–Trinajstić information content (AvgIpc) is 2.47. The summed E-state index contributed by atoms with van der Waals surface area (Å²) in [4.78, 5) is 6.34. The summed E-state index contributed by atoms with van der Waals surface area (Å²) >= 11 is 0. The molecule has 0 amide bonds. The Morgan fingerprint density at radius 2 is 2.15 bits per heavy atom. The van der Waals surface area contributed by atoms with E-state index < -0.39 is 0 Å². The van der Waals surface area contributed by atoms with Gasteiger partial charge in [0.2, 0.25) is 0 Å². The van der Waals surface area contributed by atoms with Crippen molar-refractivity contribution in [2.75, 3.05) is 11.9 Å². The summed E-state index contributed by atoms with van der Waals surface area (Å²) < 4.78 is 0. The van der Waals surface area contributed by atoms with E-state index in [4.69, 9.17) is 10.9 Å². The van der Waals surface area contributed by atoms with E-state index in [9.17, 15) is 0 Å². The van der Waals surface area contributed by atoms with Crippen LogP contribution in [0, 0.1) is 6.92 Å². The van der Waals surface area contributed by atoms with E-state index in [0.29, 0.717) is 12.1 Å². The highest BCUT2D eigenvalue weighted by Gasteiger charge is 2.12. The molecule has 0 radical (unpaired) electrons. The number of oxime groups is 1. The van der Waals surface area contributed by atoms with Crippen LogP contribution in [0.2, 0.25) is 0 Å². The third-order valence-electron chi connectivity index (χ3n) is 3.07. The summed E-state index contributed by atoms with van der Waals surface area (Å²) in [6.45, 7) is 2.66. The maximum atomic E-state index is 8.89. The summed E-state index contributed by atoms with van der Waals surface area (Å²) in [7, 11) is 1.96. The molecule has 0 saturated heterocycles. The minimum absolute atomic E-state index is 0.105. The van der Waals surface area contributed by atoms with Gasteiger partial charge in [0.25, 0.3) is 0 Å². The fourth-order valence-electron chi connectivity index (χ4n) is 2.05. The molecular weight excluding hydrogens is 252 g/mol. The van der Waals surface area contributed by atoms with Crippen LogP contribution in [0.5, 0.6) is 0 Å². The van der Waals surface area contributed by atoms with Crippen molar-refractivity contribution >= 4 is 11.5 Å². The molecule has 3 N–H and O–H groups in total. The monoisotopic (exact) mass is 270 g/mol. The Labute approximate surface area is 118 Å². The Hall–Kier alpha value is -2.56. The van der Waals surface area contributed by atoms with Crippen LogP contribution in [0.25, 0.3) is 0 Å². The highest BCUT2D eigenvalue weighted by atomic mass is 16.4. The fourth-order valence-corrected chi connectivity index (χ4v) is 2.05.